The first-order valence-electron chi connectivity index (χ1n) is 8.27. The quantitative estimate of drug-likeness (QED) is 0.943. The van der Waals surface area contributed by atoms with E-state index in [0.717, 1.165) is 30.7 Å². The summed E-state index contributed by atoms with van der Waals surface area (Å²) >= 11 is 0. The van der Waals surface area contributed by atoms with Crippen molar-refractivity contribution in [3.63, 3.8) is 0 Å². The molecule has 2 heterocycles. The highest BCUT2D eigenvalue weighted by Crippen LogP contribution is 2.30. The molecule has 0 radical (unpaired) electrons. The van der Waals surface area contributed by atoms with Crippen molar-refractivity contribution in [2.75, 3.05) is 0 Å². The molecular formula is C16H22N4O. The molecule has 2 aromatic heterocycles. The van der Waals surface area contributed by atoms with Gasteiger partial charge in [0.25, 0.3) is 5.56 Å². The molecule has 0 saturated heterocycles. The molecule has 2 aromatic rings. The number of rotatable bonds is 3. The van der Waals surface area contributed by atoms with Gasteiger partial charge in [-0.1, -0.05) is 38.5 Å². The standard InChI is InChI=1S/C16H22N4O/c21-16-13-10-17-20(12-7-2-1-3-8-12)15(13)18-14(19-16)9-11-5-4-6-11/h10-12H,1-9H2,(H,18,19,21). The van der Waals surface area contributed by atoms with Crippen LogP contribution in [0.3, 0.4) is 0 Å². The van der Waals surface area contributed by atoms with Crippen LogP contribution >= 0.6 is 0 Å². The van der Waals surface area contributed by atoms with E-state index in [-0.39, 0.29) is 5.56 Å². The van der Waals surface area contributed by atoms with E-state index in [4.69, 9.17) is 4.98 Å². The van der Waals surface area contributed by atoms with Crippen molar-refractivity contribution in [2.45, 2.75) is 63.8 Å². The van der Waals surface area contributed by atoms with Gasteiger partial charge in [-0.05, 0) is 18.8 Å². The lowest BCUT2D eigenvalue weighted by Gasteiger charge is -2.25. The van der Waals surface area contributed by atoms with Gasteiger partial charge in [-0.15, -0.1) is 0 Å². The molecule has 0 aromatic carbocycles. The molecule has 2 aliphatic carbocycles. The maximum Gasteiger partial charge on any atom is 0.262 e. The van der Waals surface area contributed by atoms with Crippen LogP contribution in [0, 0.1) is 5.92 Å². The molecule has 112 valence electrons. The molecule has 0 amide bonds. The summed E-state index contributed by atoms with van der Waals surface area (Å²) < 4.78 is 2.01. The van der Waals surface area contributed by atoms with Gasteiger partial charge in [0, 0.05) is 6.42 Å². The molecule has 5 nitrogen and oxygen atoms in total. The second-order valence-electron chi connectivity index (χ2n) is 6.63. The van der Waals surface area contributed by atoms with Crippen LogP contribution < -0.4 is 5.56 Å². The SMILES string of the molecule is O=c1[nH]c(CC2CCC2)nc2c1cnn2C1CCCCC1. The minimum absolute atomic E-state index is 0.0311. The maximum absolute atomic E-state index is 12.2. The third kappa shape index (κ3) is 2.39. The molecule has 5 heteroatoms. The Labute approximate surface area is 123 Å². The van der Waals surface area contributed by atoms with Crippen molar-refractivity contribution in [2.24, 2.45) is 5.92 Å². The largest absolute Gasteiger partial charge is 0.310 e. The van der Waals surface area contributed by atoms with E-state index in [2.05, 4.69) is 10.1 Å². The van der Waals surface area contributed by atoms with Gasteiger partial charge in [0.15, 0.2) is 5.65 Å². The van der Waals surface area contributed by atoms with E-state index < -0.39 is 0 Å². The molecule has 0 atom stereocenters. The van der Waals surface area contributed by atoms with Gasteiger partial charge in [0.05, 0.1) is 12.2 Å². The Kier molecular flexibility index (Phi) is 3.28. The summed E-state index contributed by atoms with van der Waals surface area (Å²) in [4.78, 5) is 19.9. The number of fused-ring (bicyclic) bond motifs is 1. The molecule has 0 spiro atoms. The van der Waals surface area contributed by atoms with E-state index in [1.807, 2.05) is 4.68 Å². The van der Waals surface area contributed by atoms with E-state index in [0.29, 0.717) is 17.3 Å². The lowest BCUT2D eigenvalue weighted by atomic mass is 9.83. The van der Waals surface area contributed by atoms with Crippen molar-refractivity contribution in [1.29, 1.82) is 0 Å². The fraction of sp³-hybridized carbons (Fsp3) is 0.688. The van der Waals surface area contributed by atoms with Crippen LogP contribution in [0.2, 0.25) is 0 Å². The summed E-state index contributed by atoms with van der Waals surface area (Å²) in [6.45, 7) is 0. The number of H-pyrrole nitrogens is 1. The molecule has 1 N–H and O–H groups in total. The zero-order valence-electron chi connectivity index (χ0n) is 12.3. The highest BCUT2D eigenvalue weighted by Gasteiger charge is 2.22. The van der Waals surface area contributed by atoms with Crippen LogP contribution in [0.5, 0.6) is 0 Å². The summed E-state index contributed by atoms with van der Waals surface area (Å²) in [7, 11) is 0. The van der Waals surface area contributed by atoms with Gasteiger partial charge in [-0.2, -0.15) is 5.10 Å². The minimum Gasteiger partial charge on any atom is -0.310 e. The predicted octanol–water partition coefficient (Wildman–Crippen LogP) is 2.97. The highest BCUT2D eigenvalue weighted by molar-refractivity contribution is 5.73. The van der Waals surface area contributed by atoms with Gasteiger partial charge in [-0.25, -0.2) is 9.67 Å². The van der Waals surface area contributed by atoms with Gasteiger partial charge in [0.2, 0.25) is 0 Å². The minimum atomic E-state index is -0.0311. The zero-order chi connectivity index (χ0) is 14.2. The third-order valence-corrected chi connectivity index (χ3v) is 5.14. The summed E-state index contributed by atoms with van der Waals surface area (Å²) in [5.41, 5.74) is 0.761. The Hall–Kier alpha value is -1.65. The number of nitrogens with zero attached hydrogens (tertiary/aromatic N) is 3. The molecule has 2 aliphatic rings. The van der Waals surface area contributed by atoms with Crippen molar-refractivity contribution in [3.05, 3.63) is 22.4 Å². The average molecular weight is 286 g/mol. The summed E-state index contributed by atoms with van der Waals surface area (Å²) in [6, 6.07) is 0.419. The normalized spacial score (nSPS) is 20.8. The summed E-state index contributed by atoms with van der Waals surface area (Å²) in [5.74, 6) is 1.55. The van der Waals surface area contributed by atoms with Crippen molar-refractivity contribution in [1.82, 2.24) is 19.7 Å². The Balaban J connectivity index is 1.71. The number of hydrogen-bond donors (Lipinski definition) is 1. The number of aromatic nitrogens is 4. The van der Waals surface area contributed by atoms with Gasteiger partial charge < -0.3 is 4.98 Å². The molecule has 0 unspecified atom stereocenters. The summed E-state index contributed by atoms with van der Waals surface area (Å²) in [6.07, 6.45) is 12.6. The molecule has 0 aliphatic heterocycles. The first kappa shape index (κ1) is 13.0. The van der Waals surface area contributed by atoms with E-state index in [1.54, 1.807) is 6.20 Å². The molecule has 21 heavy (non-hydrogen) atoms. The molecule has 2 saturated carbocycles. The van der Waals surface area contributed by atoms with Crippen molar-refractivity contribution >= 4 is 11.0 Å². The first-order chi connectivity index (χ1) is 10.3. The van der Waals surface area contributed by atoms with Crippen LogP contribution in [0.1, 0.15) is 63.2 Å². The average Bonchev–Trinajstić information content (AvgIpc) is 2.88. The Morgan fingerprint density at radius 3 is 2.67 bits per heavy atom. The lowest BCUT2D eigenvalue weighted by Crippen LogP contribution is -2.20. The van der Waals surface area contributed by atoms with E-state index >= 15 is 0 Å². The summed E-state index contributed by atoms with van der Waals surface area (Å²) in [5, 5.41) is 5.11. The van der Waals surface area contributed by atoms with Crippen LogP contribution in [-0.4, -0.2) is 19.7 Å². The second-order valence-corrected chi connectivity index (χ2v) is 6.63. The zero-order valence-corrected chi connectivity index (χ0v) is 12.3. The topological polar surface area (TPSA) is 63.6 Å². The predicted molar refractivity (Wildman–Crippen MR) is 81.3 cm³/mol. The van der Waals surface area contributed by atoms with Crippen LogP contribution in [-0.2, 0) is 6.42 Å². The molecular weight excluding hydrogens is 264 g/mol. The fourth-order valence-corrected chi connectivity index (χ4v) is 3.64. The Morgan fingerprint density at radius 2 is 1.95 bits per heavy atom. The highest BCUT2D eigenvalue weighted by atomic mass is 16.1. The van der Waals surface area contributed by atoms with Gasteiger partial charge in [0.1, 0.15) is 11.2 Å². The van der Waals surface area contributed by atoms with Crippen LogP contribution in [0.25, 0.3) is 11.0 Å². The molecule has 0 bridgehead atoms. The smallest absolute Gasteiger partial charge is 0.262 e. The maximum atomic E-state index is 12.2. The van der Waals surface area contributed by atoms with Crippen LogP contribution in [0.4, 0.5) is 0 Å². The Morgan fingerprint density at radius 1 is 1.14 bits per heavy atom. The van der Waals surface area contributed by atoms with Gasteiger partial charge >= 0.3 is 0 Å². The monoisotopic (exact) mass is 286 g/mol. The second kappa shape index (κ2) is 5.28. The third-order valence-electron chi connectivity index (χ3n) is 5.14. The van der Waals surface area contributed by atoms with E-state index in [9.17, 15) is 4.79 Å². The first-order valence-corrected chi connectivity index (χ1v) is 8.27. The van der Waals surface area contributed by atoms with Crippen molar-refractivity contribution in [3.8, 4) is 0 Å². The lowest BCUT2D eigenvalue weighted by molar-refractivity contribution is 0.308. The molecule has 2 fully saturated rings. The van der Waals surface area contributed by atoms with Crippen molar-refractivity contribution < 1.29 is 0 Å². The van der Waals surface area contributed by atoms with Crippen LogP contribution in [0.15, 0.2) is 11.0 Å². The number of hydrogen-bond acceptors (Lipinski definition) is 3. The molecule has 4 rings (SSSR count). The van der Waals surface area contributed by atoms with E-state index in [1.165, 1.54) is 38.5 Å². The Bertz CT molecular complexity index is 692. The number of nitrogens with one attached hydrogen (secondary N) is 1. The van der Waals surface area contributed by atoms with Gasteiger partial charge in [-0.3, -0.25) is 4.79 Å². The number of aromatic amines is 1. The fourth-order valence-electron chi connectivity index (χ4n) is 3.64.